The molecule has 0 bridgehead atoms. The zero-order chi connectivity index (χ0) is 22.8. The lowest BCUT2D eigenvalue weighted by atomic mass is 9.94. The maximum Gasteiger partial charge on any atom is 0.300 e. The normalized spacial score (nSPS) is 17.5. The van der Waals surface area contributed by atoms with Crippen LogP contribution < -0.4 is 14.4 Å². The zero-order valence-corrected chi connectivity index (χ0v) is 18.2. The Morgan fingerprint density at radius 2 is 1.69 bits per heavy atom. The molecule has 162 valence electrons. The average molecular weight is 450 g/mol. The number of rotatable bonds is 5. The van der Waals surface area contributed by atoms with E-state index in [1.807, 2.05) is 0 Å². The number of hydrogen-bond acceptors (Lipinski definition) is 5. The van der Waals surface area contributed by atoms with Crippen LogP contribution in [0.25, 0.3) is 5.76 Å². The summed E-state index contributed by atoms with van der Waals surface area (Å²) in [5.41, 5.74) is 1.33. The monoisotopic (exact) mass is 449 g/mol. The van der Waals surface area contributed by atoms with E-state index in [4.69, 9.17) is 21.1 Å². The first-order valence-corrected chi connectivity index (χ1v) is 10.2. The van der Waals surface area contributed by atoms with Gasteiger partial charge >= 0.3 is 0 Å². The minimum atomic E-state index is -0.936. The summed E-state index contributed by atoms with van der Waals surface area (Å²) >= 11 is 6.17. The number of halogens is 1. The van der Waals surface area contributed by atoms with E-state index in [1.165, 1.54) is 19.1 Å². The molecule has 1 amide bonds. The Kier molecular flexibility index (Phi) is 5.88. The van der Waals surface area contributed by atoms with E-state index < -0.39 is 17.7 Å². The van der Waals surface area contributed by atoms with E-state index in [2.05, 4.69) is 0 Å². The zero-order valence-electron chi connectivity index (χ0n) is 17.4. The van der Waals surface area contributed by atoms with Crippen molar-refractivity contribution in [2.24, 2.45) is 0 Å². The fourth-order valence-electron chi connectivity index (χ4n) is 3.81. The summed E-state index contributed by atoms with van der Waals surface area (Å²) in [7, 11) is 3.02. The molecule has 1 unspecified atom stereocenters. The molecule has 1 heterocycles. The van der Waals surface area contributed by atoms with Crippen molar-refractivity contribution in [2.45, 2.75) is 6.04 Å². The number of methoxy groups -OCH3 is 2. The molecule has 1 saturated heterocycles. The van der Waals surface area contributed by atoms with Crippen molar-refractivity contribution < 1.29 is 24.2 Å². The third-order valence-corrected chi connectivity index (χ3v) is 5.55. The second-order valence-electron chi connectivity index (χ2n) is 7.12. The van der Waals surface area contributed by atoms with E-state index in [9.17, 15) is 14.7 Å². The van der Waals surface area contributed by atoms with Gasteiger partial charge in [0.15, 0.2) is 0 Å². The van der Waals surface area contributed by atoms with Crippen LogP contribution in [0.1, 0.15) is 17.2 Å². The average Bonchev–Trinajstić information content (AvgIpc) is 3.08. The summed E-state index contributed by atoms with van der Waals surface area (Å²) < 4.78 is 10.8. The molecule has 1 aliphatic heterocycles. The standard InChI is InChI=1S/C25H20ClNO5/c1-31-18-11-12-19(20(14-18)32-2)22-21(23(28)15-7-4-3-5-8-15)24(29)25(30)27(22)17-10-6-9-16(26)13-17/h3-14,22,28H,1-2H3/b23-21-. The van der Waals surface area contributed by atoms with Crippen molar-refractivity contribution in [1.29, 1.82) is 0 Å². The number of carbonyl (C=O) groups excluding carboxylic acids is 2. The van der Waals surface area contributed by atoms with Crippen LogP contribution in [0, 0.1) is 0 Å². The fourth-order valence-corrected chi connectivity index (χ4v) is 4.00. The van der Waals surface area contributed by atoms with Crippen molar-refractivity contribution in [1.82, 2.24) is 0 Å². The first-order valence-electron chi connectivity index (χ1n) is 9.80. The molecule has 1 fully saturated rings. The molecule has 7 heteroatoms. The Balaban J connectivity index is 2.00. The highest BCUT2D eigenvalue weighted by molar-refractivity contribution is 6.51. The third kappa shape index (κ3) is 3.69. The van der Waals surface area contributed by atoms with E-state index >= 15 is 0 Å². The Hall–Kier alpha value is -3.77. The van der Waals surface area contributed by atoms with E-state index in [0.29, 0.717) is 33.3 Å². The van der Waals surface area contributed by atoms with Gasteiger partial charge in [-0.2, -0.15) is 0 Å². The molecule has 0 radical (unpaired) electrons. The number of carbonyl (C=O) groups is 2. The number of amides is 1. The van der Waals surface area contributed by atoms with Gasteiger partial charge in [-0.1, -0.05) is 48.0 Å². The van der Waals surface area contributed by atoms with Crippen LogP contribution in [0.5, 0.6) is 11.5 Å². The van der Waals surface area contributed by atoms with Crippen molar-refractivity contribution in [2.75, 3.05) is 19.1 Å². The number of ketones is 1. The molecule has 1 aliphatic rings. The van der Waals surface area contributed by atoms with Crippen LogP contribution >= 0.6 is 11.6 Å². The van der Waals surface area contributed by atoms with Crippen molar-refractivity contribution in [3.05, 3.63) is 94.5 Å². The number of hydrogen-bond donors (Lipinski definition) is 1. The number of aliphatic hydroxyl groups is 1. The van der Waals surface area contributed by atoms with Gasteiger partial charge in [0.25, 0.3) is 11.7 Å². The van der Waals surface area contributed by atoms with Gasteiger partial charge in [-0.3, -0.25) is 14.5 Å². The summed E-state index contributed by atoms with van der Waals surface area (Å²) in [5.74, 6) is -0.881. The Morgan fingerprint density at radius 1 is 0.938 bits per heavy atom. The van der Waals surface area contributed by atoms with Crippen LogP contribution in [0.3, 0.4) is 0 Å². The van der Waals surface area contributed by atoms with Crippen molar-refractivity contribution in [3.63, 3.8) is 0 Å². The quantitative estimate of drug-likeness (QED) is 0.337. The van der Waals surface area contributed by atoms with Crippen LogP contribution in [0.4, 0.5) is 5.69 Å². The Bertz CT molecular complexity index is 1220. The lowest BCUT2D eigenvalue weighted by Gasteiger charge is -2.27. The topological polar surface area (TPSA) is 76.1 Å². The first-order chi connectivity index (χ1) is 15.5. The maximum absolute atomic E-state index is 13.2. The van der Waals surface area contributed by atoms with Gasteiger partial charge in [0.2, 0.25) is 0 Å². The molecule has 3 aromatic carbocycles. The van der Waals surface area contributed by atoms with Crippen molar-refractivity contribution >= 4 is 34.7 Å². The molecule has 32 heavy (non-hydrogen) atoms. The SMILES string of the molecule is COc1ccc(C2/C(=C(/O)c3ccccc3)C(=O)C(=O)N2c2cccc(Cl)c2)c(OC)c1. The molecule has 4 rings (SSSR count). The van der Waals surface area contributed by atoms with Crippen molar-refractivity contribution in [3.8, 4) is 11.5 Å². The molecular weight excluding hydrogens is 430 g/mol. The lowest BCUT2D eigenvalue weighted by molar-refractivity contribution is -0.132. The highest BCUT2D eigenvalue weighted by atomic mass is 35.5. The number of nitrogens with zero attached hydrogens (tertiary/aromatic N) is 1. The summed E-state index contributed by atoms with van der Waals surface area (Å²) in [6.07, 6.45) is 0. The van der Waals surface area contributed by atoms with Crippen LogP contribution in [0.2, 0.25) is 5.02 Å². The van der Waals surface area contributed by atoms with Crippen LogP contribution in [-0.2, 0) is 9.59 Å². The van der Waals surface area contributed by atoms with Gasteiger partial charge in [-0.05, 0) is 30.3 Å². The largest absolute Gasteiger partial charge is 0.507 e. The van der Waals surface area contributed by atoms with Gasteiger partial charge in [0.05, 0.1) is 25.8 Å². The number of Topliss-reactive ketones (excluding diaryl/α,β-unsaturated/α-hetero) is 1. The molecule has 0 aliphatic carbocycles. The molecular formula is C25H20ClNO5. The second kappa shape index (κ2) is 8.77. The number of ether oxygens (including phenoxy) is 2. The van der Waals surface area contributed by atoms with Gasteiger partial charge < -0.3 is 14.6 Å². The van der Waals surface area contributed by atoms with Gasteiger partial charge in [-0.25, -0.2) is 0 Å². The predicted octanol–water partition coefficient (Wildman–Crippen LogP) is 4.98. The van der Waals surface area contributed by atoms with E-state index in [-0.39, 0.29) is 11.3 Å². The second-order valence-corrected chi connectivity index (χ2v) is 7.56. The van der Waals surface area contributed by atoms with Crippen LogP contribution in [-0.4, -0.2) is 31.0 Å². The first kappa shape index (κ1) is 21.5. The molecule has 3 aromatic rings. The van der Waals surface area contributed by atoms with E-state index in [0.717, 1.165) is 0 Å². The smallest absolute Gasteiger partial charge is 0.300 e. The van der Waals surface area contributed by atoms with Gasteiger partial charge in [0.1, 0.15) is 17.3 Å². The van der Waals surface area contributed by atoms with Gasteiger partial charge in [-0.15, -0.1) is 0 Å². The molecule has 0 aromatic heterocycles. The van der Waals surface area contributed by atoms with Crippen LogP contribution in [0.15, 0.2) is 78.4 Å². The lowest BCUT2D eigenvalue weighted by Crippen LogP contribution is -2.29. The molecule has 1 N–H and O–H groups in total. The summed E-state index contributed by atoms with van der Waals surface area (Å²) in [6, 6.07) is 19.4. The third-order valence-electron chi connectivity index (χ3n) is 5.31. The number of benzene rings is 3. The molecule has 0 spiro atoms. The Labute approximate surface area is 190 Å². The minimum absolute atomic E-state index is 0.0374. The highest BCUT2D eigenvalue weighted by Gasteiger charge is 2.48. The molecule has 0 saturated carbocycles. The maximum atomic E-state index is 13.2. The Morgan fingerprint density at radius 3 is 2.34 bits per heavy atom. The summed E-state index contributed by atoms with van der Waals surface area (Å²) in [5, 5.41) is 11.5. The summed E-state index contributed by atoms with van der Waals surface area (Å²) in [4.78, 5) is 27.7. The van der Waals surface area contributed by atoms with E-state index in [1.54, 1.807) is 72.8 Å². The molecule has 6 nitrogen and oxygen atoms in total. The summed E-state index contributed by atoms with van der Waals surface area (Å²) in [6.45, 7) is 0. The highest BCUT2D eigenvalue weighted by Crippen LogP contribution is 2.45. The minimum Gasteiger partial charge on any atom is -0.507 e. The predicted molar refractivity (Wildman–Crippen MR) is 122 cm³/mol. The number of anilines is 1. The van der Waals surface area contributed by atoms with Gasteiger partial charge in [0, 0.05) is 27.9 Å². The fraction of sp³-hybridized carbons (Fsp3) is 0.120. The molecule has 1 atom stereocenters. The number of aliphatic hydroxyl groups excluding tert-OH is 1.